The molecule has 0 saturated heterocycles. The highest BCUT2D eigenvalue weighted by atomic mass is 16.5. The van der Waals surface area contributed by atoms with Crippen molar-refractivity contribution in [2.45, 2.75) is 6.04 Å². The second kappa shape index (κ2) is 9.46. The third-order valence-electron chi connectivity index (χ3n) is 4.32. The molecule has 0 aliphatic heterocycles. The number of amides is 1. The summed E-state index contributed by atoms with van der Waals surface area (Å²) in [7, 11) is 3.25. The molecule has 1 N–H and O–H groups in total. The molecule has 1 amide bonds. The topological polar surface area (TPSA) is 56.8 Å². The van der Waals surface area contributed by atoms with Crippen molar-refractivity contribution in [3.8, 4) is 17.2 Å². The smallest absolute Gasteiger partial charge is 0.258 e. The highest BCUT2D eigenvalue weighted by Crippen LogP contribution is 2.26. The summed E-state index contributed by atoms with van der Waals surface area (Å²) in [5.74, 6) is 1.97. The Hall–Kier alpha value is -3.47. The summed E-state index contributed by atoms with van der Waals surface area (Å²) in [5, 5.41) is 3.05. The second-order valence-electron chi connectivity index (χ2n) is 6.15. The van der Waals surface area contributed by atoms with Crippen LogP contribution in [0.25, 0.3) is 0 Å². The van der Waals surface area contributed by atoms with Gasteiger partial charge in [-0.25, -0.2) is 0 Å². The Morgan fingerprint density at radius 1 is 0.750 bits per heavy atom. The van der Waals surface area contributed by atoms with Gasteiger partial charge < -0.3 is 19.5 Å². The molecule has 3 aromatic rings. The normalized spacial score (nSPS) is 10.4. The Balaban J connectivity index is 1.77. The molecule has 0 saturated carbocycles. The maximum Gasteiger partial charge on any atom is 0.258 e. The molecule has 0 aromatic heterocycles. The van der Waals surface area contributed by atoms with Gasteiger partial charge in [0.1, 0.15) is 17.2 Å². The van der Waals surface area contributed by atoms with Crippen molar-refractivity contribution in [2.24, 2.45) is 0 Å². The van der Waals surface area contributed by atoms with Gasteiger partial charge in [-0.3, -0.25) is 4.79 Å². The maximum atomic E-state index is 12.5. The fourth-order valence-corrected chi connectivity index (χ4v) is 2.82. The predicted octanol–water partition coefficient (Wildman–Crippen LogP) is 3.99. The van der Waals surface area contributed by atoms with Crippen molar-refractivity contribution < 1.29 is 19.0 Å². The summed E-state index contributed by atoms with van der Waals surface area (Å²) in [5.41, 5.74) is 1.89. The number of benzene rings is 3. The first kappa shape index (κ1) is 19.3. The summed E-state index contributed by atoms with van der Waals surface area (Å²) in [6, 6.07) is 24.2. The summed E-state index contributed by atoms with van der Waals surface area (Å²) >= 11 is 0. The summed E-state index contributed by atoms with van der Waals surface area (Å²) in [4.78, 5) is 12.5. The fraction of sp³-hybridized carbons (Fsp3) is 0.174. The largest absolute Gasteiger partial charge is 0.497 e. The van der Waals surface area contributed by atoms with Gasteiger partial charge in [-0.05, 0) is 47.5 Å². The van der Waals surface area contributed by atoms with Crippen LogP contribution in [-0.4, -0.2) is 26.7 Å². The number of nitrogens with one attached hydrogen (secondary N) is 1. The van der Waals surface area contributed by atoms with Gasteiger partial charge in [0.25, 0.3) is 5.91 Å². The highest BCUT2D eigenvalue weighted by Gasteiger charge is 2.17. The molecule has 0 aliphatic carbocycles. The molecule has 0 unspecified atom stereocenters. The number of ether oxygens (including phenoxy) is 3. The fourth-order valence-electron chi connectivity index (χ4n) is 2.82. The lowest BCUT2D eigenvalue weighted by Crippen LogP contribution is -2.33. The molecule has 3 rings (SSSR count). The second-order valence-corrected chi connectivity index (χ2v) is 6.15. The van der Waals surface area contributed by atoms with Gasteiger partial charge in [0, 0.05) is 0 Å². The minimum absolute atomic E-state index is 0.0627. The van der Waals surface area contributed by atoms with Crippen LogP contribution >= 0.6 is 0 Å². The Morgan fingerprint density at radius 2 is 1.25 bits per heavy atom. The molecule has 0 atom stereocenters. The van der Waals surface area contributed by atoms with Crippen molar-refractivity contribution in [1.82, 2.24) is 5.32 Å². The average molecular weight is 377 g/mol. The van der Waals surface area contributed by atoms with Crippen LogP contribution in [0.1, 0.15) is 17.2 Å². The van der Waals surface area contributed by atoms with Crippen molar-refractivity contribution in [3.05, 3.63) is 90.0 Å². The van der Waals surface area contributed by atoms with Gasteiger partial charge in [-0.15, -0.1) is 0 Å². The molecule has 0 bridgehead atoms. The van der Waals surface area contributed by atoms with Crippen molar-refractivity contribution >= 4 is 5.91 Å². The molecule has 0 heterocycles. The van der Waals surface area contributed by atoms with Crippen LogP contribution in [0.5, 0.6) is 17.2 Å². The SMILES string of the molecule is COc1ccc(C(NC(=O)COc2ccccc2)c2ccc(OC)cc2)cc1. The zero-order valence-corrected chi connectivity index (χ0v) is 15.9. The van der Waals surface area contributed by atoms with Crippen molar-refractivity contribution in [1.29, 1.82) is 0 Å². The molecule has 0 aliphatic rings. The van der Waals surface area contributed by atoms with Crippen LogP contribution in [0.4, 0.5) is 0 Å². The summed E-state index contributed by atoms with van der Waals surface area (Å²) in [6.45, 7) is -0.0627. The van der Waals surface area contributed by atoms with E-state index in [4.69, 9.17) is 14.2 Å². The van der Waals surface area contributed by atoms with E-state index in [1.807, 2.05) is 78.9 Å². The monoisotopic (exact) mass is 377 g/mol. The number of methoxy groups -OCH3 is 2. The van der Waals surface area contributed by atoms with E-state index in [0.717, 1.165) is 22.6 Å². The van der Waals surface area contributed by atoms with Crippen molar-refractivity contribution in [2.75, 3.05) is 20.8 Å². The average Bonchev–Trinajstić information content (AvgIpc) is 2.77. The lowest BCUT2D eigenvalue weighted by molar-refractivity contribution is -0.123. The van der Waals surface area contributed by atoms with Crippen LogP contribution in [0.15, 0.2) is 78.9 Å². The van der Waals surface area contributed by atoms with Gasteiger partial charge in [0.15, 0.2) is 6.61 Å². The maximum absolute atomic E-state index is 12.5. The minimum Gasteiger partial charge on any atom is -0.497 e. The van der Waals surface area contributed by atoms with Gasteiger partial charge in [0.2, 0.25) is 0 Å². The Labute approximate surface area is 164 Å². The molecule has 5 heteroatoms. The third-order valence-corrected chi connectivity index (χ3v) is 4.32. The molecule has 3 aromatic carbocycles. The lowest BCUT2D eigenvalue weighted by Gasteiger charge is -2.20. The van der Waals surface area contributed by atoms with E-state index in [1.54, 1.807) is 14.2 Å². The third kappa shape index (κ3) is 5.04. The van der Waals surface area contributed by atoms with E-state index in [-0.39, 0.29) is 18.6 Å². The molecular weight excluding hydrogens is 354 g/mol. The van der Waals surface area contributed by atoms with E-state index in [0.29, 0.717) is 5.75 Å². The van der Waals surface area contributed by atoms with Crippen LogP contribution in [-0.2, 0) is 4.79 Å². The molecule has 0 radical (unpaired) electrons. The molecule has 0 spiro atoms. The number of rotatable bonds is 8. The van der Waals surface area contributed by atoms with Crippen LogP contribution in [0, 0.1) is 0 Å². The molecule has 0 fully saturated rings. The van der Waals surface area contributed by atoms with Gasteiger partial charge in [-0.1, -0.05) is 42.5 Å². The van der Waals surface area contributed by atoms with Crippen molar-refractivity contribution in [3.63, 3.8) is 0 Å². The number of hydrogen-bond acceptors (Lipinski definition) is 4. The zero-order valence-electron chi connectivity index (χ0n) is 15.9. The molecular formula is C23H23NO4. The summed E-state index contributed by atoms with van der Waals surface area (Å²) in [6.07, 6.45) is 0. The number of carbonyl (C=O) groups is 1. The molecule has 5 nitrogen and oxygen atoms in total. The molecule has 144 valence electrons. The van der Waals surface area contributed by atoms with E-state index >= 15 is 0 Å². The van der Waals surface area contributed by atoms with Gasteiger partial charge >= 0.3 is 0 Å². The Bertz CT molecular complexity index is 829. The van der Waals surface area contributed by atoms with E-state index in [2.05, 4.69) is 5.32 Å². The molecule has 28 heavy (non-hydrogen) atoms. The van der Waals surface area contributed by atoms with E-state index < -0.39 is 0 Å². The lowest BCUT2D eigenvalue weighted by atomic mass is 9.98. The first-order chi connectivity index (χ1) is 13.7. The summed E-state index contributed by atoms with van der Waals surface area (Å²) < 4.78 is 16.0. The van der Waals surface area contributed by atoms with Crippen LogP contribution in [0.2, 0.25) is 0 Å². The van der Waals surface area contributed by atoms with E-state index in [1.165, 1.54) is 0 Å². The highest BCUT2D eigenvalue weighted by molar-refractivity contribution is 5.78. The number of carbonyl (C=O) groups excluding carboxylic acids is 1. The zero-order chi connectivity index (χ0) is 19.8. The quantitative estimate of drug-likeness (QED) is 0.645. The Morgan fingerprint density at radius 3 is 1.71 bits per heavy atom. The Kier molecular flexibility index (Phi) is 6.52. The first-order valence-corrected chi connectivity index (χ1v) is 8.94. The van der Waals surface area contributed by atoms with Gasteiger partial charge in [-0.2, -0.15) is 0 Å². The standard InChI is InChI=1S/C23H23NO4/c1-26-19-12-8-17(9-13-19)23(18-10-14-20(27-2)15-11-18)24-22(25)16-28-21-6-4-3-5-7-21/h3-15,23H,16H2,1-2H3,(H,24,25). The first-order valence-electron chi connectivity index (χ1n) is 8.94. The van der Waals surface area contributed by atoms with Crippen LogP contribution < -0.4 is 19.5 Å². The predicted molar refractivity (Wildman–Crippen MR) is 108 cm³/mol. The van der Waals surface area contributed by atoms with Crippen LogP contribution in [0.3, 0.4) is 0 Å². The number of para-hydroxylation sites is 1. The van der Waals surface area contributed by atoms with E-state index in [9.17, 15) is 4.79 Å². The number of hydrogen-bond donors (Lipinski definition) is 1. The van der Waals surface area contributed by atoms with Gasteiger partial charge in [0.05, 0.1) is 20.3 Å². The minimum atomic E-state index is -0.316.